The fraction of sp³-hybridized carbons (Fsp3) is 0.375. The van der Waals surface area contributed by atoms with E-state index < -0.39 is 6.43 Å². The number of nitrogens with two attached hydrogens (primary N) is 1. The predicted octanol–water partition coefficient (Wildman–Crippen LogP) is 2.65. The van der Waals surface area contributed by atoms with Crippen LogP contribution in [0.25, 0.3) is 0 Å². The van der Waals surface area contributed by atoms with Crippen LogP contribution in [-0.4, -0.2) is 4.98 Å². The minimum absolute atomic E-state index is 0.133. The van der Waals surface area contributed by atoms with E-state index >= 15 is 0 Å². The van der Waals surface area contributed by atoms with Crippen molar-refractivity contribution in [3.05, 3.63) is 23.0 Å². The summed E-state index contributed by atoms with van der Waals surface area (Å²) in [4.78, 5) is 3.88. The molecule has 72 valence electrons. The predicted molar refractivity (Wildman–Crippen MR) is 47.9 cm³/mol. The molecule has 0 aliphatic rings. The van der Waals surface area contributed by atoms with Gasteiger partial charge in [-0.15, -0.1) is 11.6 Å². The van der Waals surface area contributed by atoms with Gasteiger partial charge in [0.25, 0.3) is 6.43 Å². The van der Waals surface area contributed by atoms with Crippen LogP contribution in [0, 0.1) is 6.92 Å². The molecule has 2 N–H and O–H groups in total. The highest BCUT2D eigenvalue weighted by Crippen LogP contribution is 2.25. The molecule has 2 nitrogen and oxygen atoms in total. The Bertz CT molecular complexity index is 315. The van der Waals surface area contributed by atoms with Crippen molar-refractivity contribution in [2.45, 2.75) is 19.2 Å². The van der Waals surface area contributed by atoms with Crippen LogP contribution in [0.5, 0.6) is 0 Å². The van der Waals surface area contributed by atoms with Crippen molar-refractivity contribution >= 4 is 17.3 Å². The first-order chi connectivity index (χ1) is 6.06. The lowest BCUT2D eigenvalue weighted by molar-refractivity contribution is 0.150. The maximum Gasteiger partial charge on any atom is 0.265 e. The quantitative estimate of drug-likeness (QED) is 0.756. The third-order valence-corrected chi connectivity index (χ3v) is 1.98. The molecule has 5 heteroatoms. The van der Waals surface area contributed by atoms with E-state index in [1.807, 2.05) is 0 Å². The molecule has 0 fully saturated rings. The highest BCUT2D eigenvalue weighted by atomic mass is 35.5. The molecular formula is C8H9ClF2N2. The first-order valence-electron chi connectivity index (χ1n) is 3.66. The Morgan fingerprint density at radius 3 is 2.69 bits per heavy atom. The second-order valence-corrected chi connectivity index (χ2v) is 2.90. The lowest BCUT2D eigenvalue weighted by Gasteiger charge is -2.08. The lowest BCUT2D eigenvalue weighted by Crippen LogP contribution is -2.02. The number of pyridine rings is 1. The second kappa shape index (κ2) is 3.87. The van der Waals surface area contributed by atoms with Gasteiger partial charge < -0.3 is 5.73 Å². The molecule has 0 saturated carbocycles. The van der Waals surface area contributed by atoms with E-state index in [1.165, 1.54) is 13.0 Å². The van der Waals surface area contributed by atoms with Gasteiger partial charge in [0, 0.05) is 11.3 Å². The highest BCUT2D eigenvalue weighted by molar-refractivity contribution is 6.17. The third-order valence-electron chi connectivity index (χ3n) is 1.73. The number of alkyl halides is 3. The summed E-state index contributed by atoms with van der Waals surface area (Å²) >= 11 is 5.51. The van der Waals surface area contributed by atoms with E-state index in [4.69, 9.17) is 17.3 Å². The van der Waals surface area contributed by atoms with Crippen molar-refractivity contribution in [2.24, 2.45) is 0 Å². The van der Waals surface area contributed by atoms with E-state index in [1.54, 1.807) is 0 Å². The zero-order chi connectivity index (χ0) is 10.0. The fourth-order valence-electron chi connectivity index (χ4n) is 1.01. The minimum Gasteiger partial charge on any atom is -0.397 e. The number of nitrogens with zero attached hydrogens (tertiary/aromatic N) is 1. The maximum absolute atomic E-state index is 12.3. The zero-order valence-corrected chi connectivity index (χ0v) is 7.78. The monoisotopic (exact) mass is 206 g/mol. The second-order valence-electron chi connectivity index (χ2n) is 2.63. The first kappa shape index (κ1) is 10.2. The Kier molecular flexibility index (Phi) is 3.03. The van der Waals surface area contributed by atoms with Gasteiger partial charge in [-0.25, -0.2) is 8.78 Å². The molecule has 1 aromatic heterocycles. The molecule has 1 rings (SSSR count). The van der Waals surface area contributed by atoms with Gasteiger partial charge in [0.15, 0.2) is 0 Å². The van der Waals surface area contributed by atoms with Gasteiger partial charge in [0.05, 0.1) is 17.3 Å². The molecule has 0 amide bonds. The molecule has 1 heterocycles. The van der Waals surface area contributed by atoms with E-state index in [2.05, 4.69) is 4.98 Å². The van der Waals surface area contributed by atoms with Gasteiger partial charge in [0.2, 0.25) is 0 Å². The summed E-state index contributed by atoms with van der Waals surface area (Å²) in [6, 6.07) is 1.23. The number of aromatic nitrogens is 1. The molecule has 13 heavy (non-hydrogen) atoms. The van der Waals surface area contributed by atoms with Crippen molar-refractivity contribution in [2.75, 3.05) is 5.73 Å². The van der Waals surface area contributed by atoms with Crippen LogP contribution in [0.3, 0.4) is 0 Å². The van der Waals surface area contributed by atoms with Crippen LogP contribution >= 0.6 is 11.6 Å². The average Bonchev–Trinajstić information content (AvgIpc) is 2.07. The van der Waals surface area contributed by atoms with Crippen LogP contribution in [0.15, 0.2) is 6.07 Å². The minimum atomic E-state index is -2.54. The number of rotatable bonds is 2. The molecule has 0 aromatic carbocycles. The lowest BCUT2D eigenvalue weighted by atomic mass is 10.1. The number of halogens is 3. The van der Waals surface area contributed by atoms with Crippen molar-refractivity contribution in [1.29, 1.82) is 0 Å². The van der Waals surface area contributed by atoms with Crippen LogP contribution in [0.2, 0.25) is 0 Å². The molecule has 0 spiro atoms. The average molecular weight is 207 g/mol. The van der Waals surface area contributed by atoms with Gasteiger partial charge in [-0.05, 0) is 13.0 Å². The van der Waals surface area contributed by atoms with Crippen LogP contribution < -0.4 is 5.73 Å². The van der Waals surface area contributed by atoms with Gasteiger partial charge >= 0.3 is 0 Å². The van der Waals surface area contributed by atoms with E-state index in [-0.39, 0.29) is 22.8 Å². The molecule has 0 radical (unpaired) electrons. The van der Waals surface area contributed by atoms with E-state index in [9.17, 15) is 8.78 Å². The molecule has 0 bridgehead atoms. The van der Waals surface area contributed by atoms with Gasteiger partial charge in [-0.1, -0.05) is 0 Å². The Morgan fingerprint density at radius 1 is 1.62 bits per heavy atom. The molecule has 0 aliphatic heterocycles. The first-order valence-corrected chi connectivity index (χ1v) is 4.19. The number of nitrogen functional groups attached to an aromatic ring is 1. The summed E-state index contributed by atoms with van der Waals surface area (Å²) in [7, 11) is 0. The number of hydrogen-bond acceptors (Lipinski definition) is 2. The summed E-state index contributed by atoms with van der Waals surface area (Å²) in [5, 5.41) is 0. The summed E-state index contributed by atoms with van der Waals surface area (Å²) in [5.41, 5.74) is 6.27. The Morgan fingerprint density at radius 2 is 2.23 bits per heavy atom. The van der Waals surface area contributed by atoms with Crippen molar-refractivity contribution < 1.29 is 8.78 Å². The third kappa shape index (κ3) is 2.06. The fourth-order valence-corrected chi connectivity index (χ4v) is 1.23. The molecule has 0 saturated heterocycles. The summed E-state index contributed by atoms with van der Waals surface area (Å²) < 4.78 is 24.6. The largest absolute Gasteiger partial charge is 0.397 e. The summed E-state index contributed by atoms with van der Waals surface area (Å²) in [5.74, 6) is 0.135. The molecule has 1 aromatic rings. The summed E-state index contributed by atoms with van der Waals surface area (Å²) in [6.45, 7) is 1.51. The Labute approximate surface area is 79.7 Å². The SMILES string of the molecule is Cc1nc(CCl)c(N)cc1C(F)F. The standard InChI is InChI=1S/C8H9ClF2N2/c1-4-5(8(10)11)2-6(12)7(3-9)13-4/h2,8H,3,12H2,1H3. The highest BCUT2D eigenvalue weighted by Gasteiger charge is 2.13. The number of hydrogen-bond donors (Lipinski definition) is 1. The van der Waals surface area contributed by atoms with Gasteiger partial charge in [-0.2, -0.15) is 0 Å². The van der Waals surface area contributed by atoms with Crippen molar-refractivity contribution in [1.82, 2.24) is 4.98 Å². The van der Waals surface area contributed by atoms with Gasteiger partial charge in [-0.3, -0.25) is 4.98 Å². The smallest absolute Gasteiger partial charge is 0.265 e. The molecule has 0 unspecified atom stereocenters. The van der Waals surface area contributed by atoms with Crippen LogP contribution in [0.1, 0.15) is 23.4 Å². The molecule has 0 aliphatic carbocycles. The number of aryl methyl sites for hydroxylation is 1. The summed E-state index contributed by atoms with van der Waals surface area (Å²) in [6.07, 6.45) is -2.54. The van der Waals surface area contributed by atoms with E-state index in [0.717, 1.165) is 0 Å². The normalized spacial score (nSPS) is 10.8. The Balaban J connectivity index is 3.20. The topological polar surface area (TPSA) is 38.9 Å². The molecule has 0 atom stereocenters. The Hall–Kier alpha value is -0.900. The van der Waals surface area contributed by atoms with Crippen LogP contribution in [-0.2, 0) is 5.88 Å². The van der Waals surface area contributed by atoms with Crippen LogP contribution in [0.4, 0.5) is 14.5 Å². The number of anilines is 1. The van der Waals surface area contributed by atoms with Gasteiger partial charge in [0.1, 0.15) is 0 Å². The molecular weight excluding hydrogens is 198 g/mol. The zero-order valence-electron chi connectivity index (χ0n) is 7.02. The van der Waals surface area contributed by atoms with E-state index in [0.29, 0.717) is 5.69 Å². The van der Waals surface area contributed by atoms with Crippen molar-refractivity contribution in [3.63, 3.8) is 0 Å². The maximum atomic E-state index is 12.3. The van der Waals surface area contributed by atoms with Crippen molar-refractivity contribution in [3.8, 4) is 0 Å².